The summed E-state index contributed by atoms with van der Waals surface area (Å²) in [6.45, 7) is 5.78. The maximum absolute atomic E-state index is 11.8. The number of nitrogens with one attached hydrogen (secondary N) is 3. The molecule has 0 spiro atoms. The molecule has 0 aliphatic rings. The maximum atomic E-state index is 11.8. The number of urea groups is 1. The van der Waals surface area contributed by atoms with Crippen molar-refractivity contribution in [2.45, 2.75) is 39.3 Å². The fourth-order valence-corrected chi connectivity index (χ4v) is 1.58. The van der Waals surface area contributed by atoms with Crippen LogP contribution in [0.5, 0.6) is 0 Å². The Hall–Kier alpha value is -2.48. The summed E-state index contributed by atoms with van der Waals surface area (Å²) < 4.78 is 0. The summed E-state index contributed by atoms with van der Waals surface area (Å²) in [6.07, 6.45) is 0.847. The molecule has 0 aliphatic heterocycles. The highest BCUT2D eigenvalue weighted by Crippen LogP contribution is 1.94. The largest absolute Gasteiger partial charge is 0.352 e. The first-order valence-corrected chi connectivity index (χ1v) is 7.41. The van der Waals surface area contributed by atoms with Crippen LogP contribution in [0.1, 0.15) is 32.8 Å². The summed E-state index contributed by atoms with van der Waals surface area (Å²) in [5, 5.41) is 7.99. The number of hydrogen-bond acceptors (Lipinski definition) is 2. The number of rotatable bonds is 5. The zero-order valence-corrected chi connectivity index (χ0v) is 13.3. The molecule has 0 aromatic heterocycles. The average Bonchev–Trinajstić information content (AvgIpc) is 2.52. The fourth-order valence-electron chi connectivity index (χ4n) is 1.58. The second kappa shape index (κ2) is 9.46. The van der Waals surface area contributed by atoms with Crippen LogP contribution < -0.4 is 16.0 Å². The normalized spacial score (nSPS) is 12.3. The number of benzene rings is 1. The third kappa shape index (κ3) is 6.80. The van der Waals surface area contributed by atoms with Crippen LogP contribution in [0, 0.1) is 11.8 Å². The molecule has 0 saturated heterocycles. The molecule has 5 heteroatoms. The summed E-state index contributed by atoms with van der Waals surface area (Å²) in [5.74, 6) is 5.60. The van der Waals surface area contributed by atoms with Crippen LogP contribution in [-0.2, 0) is 4.79 Å². The Balaban J connectivity index is 2.31. The molecular formula is C17H23N3O2. The quantitative estimate of drug-likeness (QED) is 0.724. The first kappa shape index (κ1) is 17.6. The minimum absolute atomic E-state index is 0.0940. The average molecular weight is 301 g/mol. The topological polar surface area (TPSA) is 70.2 Å². The molecule has 0 heterocycles. The van der Waals surface area contributed by atoms with Crippen molar-refractivity contribution < 1.29 is 9.59 Å². The monoisotopic (exact) mass is 301 g/mol. The van der Waals surface area contributed by atoms with Crippen LogP contribution in [0.4, 0.5) is 4.79 Å². The van der Waals surface area contributed by atoms with E-state index in [1.165, 1.54) is 0 Å². The SMILES string of the molecule is CCC(C)NC(=O)C(C)NC(=O)NCC#Cc1ccccc1. The summed E-state index contributed by atoms with van der Waals surface area (Å²) in [6, 6.07) is 8.62. The predicted molar refractivity (Wildman–Crippen MR) is 87.2 cm³/mol. The van der Waals surface area contributed by atoms with Gasteiger partial charge < -0.3 is 16.0 Å². The van der Waals surface area contributed by atoms with Crippen LogP contribution >= 0.6 is 0 Å². The highest BCUT2D eigenvalue weighted by Gasteiger charge is 2.16. The second-order valence-electron chi connectivity index (χ2n) is 5.03. The molecule has 118 valence electrons. The summed E-state index contributed by atoms with van der Waals surface area (Å²) in [7, 11) is 0. The van der Waals surface area contributed by atoms with Crippen molar-refractivity contribution in [2.75, 3.05) is 6.54 Å². The smallest absolute Gasteiger partial charge is 0.316 e. The van der Waals surface area contributed by atoms with Gasteiger partial charge in [0.1, 0.15) is 6.04 Å². The molecule has 0 saturated carbocycles. The molecule has 5 nitrogen and oxygen atoms in total. The van der Waals surface area contributed by atoms with E-state index in [2.05, 4.69) is 27.8 Å². The summed E-state index contributed by atoms with van der Waals surface area (Å²) >= 11 is 0. The lowest BCUT2D eigenvalue weighted by Gasteiger charge is -2.17. The van der Waals surface area contributed by atoms with Gasteiger partial charge in [0.15, 0.2) is 0 Å². The number of amides is 3. The van der Waals surface area contributed by atoms with Gasteiger partial charge in [-0.2, -0.15) is 0 Å². The Kier molecular flexibility index (Phi) is 7.55. The molecule has 1 aromatic carbocycles. The van der Waals surface area contributed by atoms with Crippen molar-refractivity contribution in [2.24, 2.45) is 0 Å². The van der Waals surface area contributed by atoms with E-state index in [4.69, 9.17) is 0 Å². The van der Waals surface area contributed by atoms with Gasteiger partial charge in [-0.1, -0.05) is 37.0 Å². The summed E-state index contributed by atoms with van der Waals surface area (Å²) in [5.41, 5.74) is 0.894. The van der Waals surface area contributed by atoms with Crippen molar-refractivity contribution >= 4 is 11.9 Å². The van der Waals surface area contributed by atoms with Crippen molar-refractivity contribution in [3.8, 4) is 11.8 Å². The predicted octanol–water partition coefficient (Wildman–Crippen LogP) is 1.64. The van der Waals surface area contributed by atoms with Gasteiger partial charge in [0.05, 0.1) is 6.54 Å². The lowest BCUT2D eigenvalue weighted by atomic mass is 10.2. The molecule has 3 N–H and O–H groups in total. The Morgan fingerprint density at radius 3 is 2.45 bits per heavy atom. The van der Waals surface area contributed by atoms with Gasteiger partial charge in [0.25, 0.3) is 0 Å². The molecule has 1 rings (SSSR count). The highest BCUT2D eigenvalue weighted by molar-refractivity contribution is 5.86. The van der Waals surface area contributed by atoms with Gasteiger partial charge in [0.2, 0.25) is 5.91 Å². The zero-order valence-electron chi connectivity index (χ0n) is 13.3. The van der Waals surface area contributed by atoms with E-state index in [-0.39, 0.29) is 18.5 Å². The van der Waals surface area contributed by atoms with Crippen molar-refractivity contribution in [1.29, 1.82) is 0 Å². The van der Waals surface area contributed by atoms with E-state index in [9.17, 15) is 9.59 Å². The number of carbonyl (C=O) groups excluding carboxylic acids is 2. The Morgan fingerprint density at radius 1 is 1.14 bits per heavy atom. The molecule has 0 bridgehead atoms. The molecular weight excluding hydrogens is 278 g/mol. The molecule has 3 amide bonds. The maximum Gasteiger partial charge on any atom is 0.316 e. The van der Waals surface area contributed by atoms with E-state index in [0.29, 0.717) is 0 Å². The standard InChI is InChI=1S/C17H23N3O2/c1-4-13(2)19-16(21)14(3)20-17(22)18-12-8-11-15-9-6-5-7-10-15/h5-7,9-10,13-14H,4,12H2,1-3H3,(H,19,21)(H2,18,20,22). The van der Waals surface area contributed by atoms with E-state index < -0.39 is 12.1 Å². The summed E-state index contributed by atoms with van der Waals surface area (Å²) in [4.78, 5) is 23.4. The first-order valence-electron chi connectivity index (χ1n) is 7.41. The van der Waals surface area contributed by atoms with E-state index in [0.717, 1.165) is 12.0 Å². The first-order chi connectivity index (χ1) is 10.5. The Bertz CT molecular complexity index is 546. The van der Waals surface area contributed by atoms with Gasteiger partial charge >= 0.3 is 6.03 Å². The third-order valence-electron chi connectivity index (χ3n) is 3.09. The Morgan fingerprint density at radius 2 is 1.82 bits per heavy atom. The molecule has 2 unspecified atom stereocenters. The van der Waals surface area contributed by atoms with Gasteiger partial charge in [-0.05, 0) is 32.4 Å². The number of hydrogen-bond donors (Lipinski definition) is 3. The third-order valence-corrected chi connectivity index (χ3v) is 3.09. The fraction of sp³-hybridized carbons (Fsp3) is 0.412. The minimum atomic E-state index is -0.587. The van der Waals surface area contributed by atoms with Gasteiger partial charge in [-0.3, -0.25) is 4.79 Å². The van der Waals surface area contributed by atoms with Crippen LogP contribution in [-0.4, -0.2) is 30.6 Å². The van der Waals surface area contributed by atoms with Crippen LogP contribution in [0.2, 0.25) is 0 Å². The van der Waals surface area contributed by atoms with E-state index >= 15 is 0 Å². The van der Waals surface area contributed by atoms with Gasteiger partial charge in [-0.25, -0.2) is 4.79 Å². The molecule has 0 radical (unpaired) electrons. The van der Waals surface area contributed by atoms with E-state index in [1.54, 1.807) is 6.92 Å². The van der Waals surface area contributed by atoms with Crippen molar-refractivity contribution in [1.82, 2.24) is 16.0 Å². The highest BCUT2D eigenvalue weighted by atomic mass is 16.2. The zero-order chi connectivity index (χ0) is 16.4. The second-order valence-corrected chi connectivity index (χ2v) is 5.03. The van der Waals surface area contributed by atoms with Crippen molar-refractivity contribution in [3.05, 3.63) is 35.9 Å². The van der Waals surface area contributed by atoms with Gasteiger partial charge in [-0.15, -0.1) is 0 Å². The lowest BCUT2D eigenvalue weighted by molar-refractivity contribution is -0.123. The van der Waals surface area contributed by atoms with Crippen molar-refractivity contribution in [3.63, 3.8) is 0 Å². The number of carbonyl (C=O) groups is 2. The van der Waals surface area contributed by atoms with Crippen LogP contribution in [0.15, 0.2) is 30.3 Å². The molecule has 1 aromatic rings. The van der Waals surface area contributed by atoms with E-state index in [1.807, 2.05) is 44.2 Å². The molecule has 0 fully saturated rings. The Labute approximate surface area is 131 Å². The minimum Gasteiger partial charge on any atom is -0.352 e. The molecule has 2 atom stereocenters. The van der Waals surface area contributed by atoms with Crippen LogP contribution in [0.3, 0.4) is 0 Å². The van der Waals surface area contributed by atoms with Gasteiger partial charge in [0, 0.05) is 11.6 Å². The van der Waals surface area contributed by atoms with Crippen LogP contribution in [0.25, 0.3) is 0 Å². The molecule has 0 aliphatic carbocycles. The molecule has 22 heavy (non-hydrogen) atoms. The lowest BCUT2D eigenvalue weighted by Crippen LogP contribution is -2.50.